The number of sulfonamides is 1. The Morgan fingerprint density at radius 1 is 1.00 bits per heavy atom. The molecule has 1 amide bonds. The van der Waals surface area contributed by atoms with Crippen LogP contribution in [-0.2, 0) is 21.9 Å². The van der Waals surface area contributed by atoms with Gasteiger partial charge in [-0.15, -0.1) is 0 Å². The highest BCUT2D eigenvalue weighted by molar-refractivity contribution is 7.89. The van der Waals surface area contributed by atoms with Gasteiger partial charge in [-0.05, 0) is 37.1 Å². The number of ether oxygens (including phenoxy) is 3. The van der Waals surface area contributed by atoms with Crippen LogP contribution < -0.4 is 19.0 Å². The van der Waals surface area contributed by atoms with E-state index in [0.29, 0.717) is 34.9 Å². The monoisotopic (exact) mass is 505 g/mol. The van der Waals surface area contributed by atoms with E-state index in [1.165, 1.54) is 34.9 Å². The molecule has 0 saturated carbocycles. The Bertz CT molecular complexity index is 1370. The number of hydrogen-bond donors (Lipinski definition) is 0. The molecule has 11 heteroatoms. The average Bonchev–Trinajstić information content (AvgIpc) is 3.17. The van der Waals surface area contributed by atoms with Crippen LogP contribution in [-0.4, -0.2) is 57.6 Å². The summed E-state index contributed by atoms with van der Waals surface area (Å²) in [5, 5.41) is 0. The van der Waals surface area contributed by atoms with Gasteiger partial charge >= 0.3 is 0 Å². The molecule has 9 nitrogen and oxygen atoms in total. The molecule has 2 heterocycles. The summed E-state index contributed by atoms with van der Waals surface area (Å²) in [5.74, 6) is 1.25. The number of aromatic nitrogens is 1. The third-order valence-corrected chi connectivity index (χ3v) is 9.03. The van der Waals surface area contributed by atoms with Crippen molar-refractivity contribution in [1.29, 1.82) is 0 Å². The second-order valence-electron chi connectivity index (χ2n) is 7.92. The van der Waals surface area contributed by atoms with Gasteiger partial charge in [-0.3, -0.25) is 4.79 Å². The van der Waals surface area contributed by atoms with Crippen molar-refractivity contribution in [3.63, 3.8) is 0 Å². The van der Waals surface area contributed by atoms with E-state index in [2.05, 4.69) is 4.99 Å². The fraction of sp³-hybridized carbons (Fsp3) is 0.391. The van der Waals surface area contributed by atoms with Crippen LogP contribution in [0.4, 0.5) is 0 Å². The molecule has 3 aromatic rings. The third-order valence-electron chi connectivity index (χ3n) is 6.02. The molecule has 182 valence electrons. The van der Waals surface area contributed by atoms with E-state index in [4.69, 9.17) is 14.2 Å². The summed E-state index contributed by atoms with van der Waals surface area (Å²) in [6, 6.07) is 10.0. The Kier molecular flexibility index (Phi) is 6.96. The first kappa shape index (κ1) is 24.2. The molecule has 0 aliphatic carbocycles. The van der Waals surface area contributed by atoms with Crippen LogP contribution in [0.3, 0.4) is 0 Å². The number of hydrogen-bond acceptors (Lipinski definition) is 7. The highest BCUT2D eigenvalue weighted by Crippen LogP contribution is 2.33. The lowest BCUT2D eigenvalue weighted by molar-refractivity contribution is -0.122. The maximum Gasteiger partial charge on any atom is 0.251 e. The maximum atomic E-state index is 13.0. The zero-order valence-electron chi connectivity index (χ0n) is 19.5. The van der Waals surface area contributed by atoms with Gasteiger partial charge < -0.3 is 18.8 Å². The minimum absolute atomic E-state index is 0.214. The molecule has 0 N–H and O–H groups in total. The van der Waals surface area contributed by atoms with Crippen LogP contribution in [0.25, 0.3) is 10.2 Å². The number of nitrogens with zero attached hydrogens (tertiary/aromatic N) is 3. The maximum absolute atomic E-state index is 13.0. The number of aryl methyl sites for hydroxylation is 1. The van der Waals surface area contributed by atoms with Crippen LogP contribution >= 0.6 is 11.3 Å². The molecule has 34 heavy (non-hydrogen) atoms. The van der Waals surface area contributed by atoms with Crippen LogP contribution in [0.2, 0.25) is 0 Å². The van der Waals surface area contributed by atoms with Crippen molar-refractivity contribution in [3.05, 3.63) is 41.2 Å². The van der Waals surface area contributed by atoms with Crippen LogP contribution in [0.5, 0.6) is 17.2 Å². The van der Waals surface area contributed by atoms with Gasteiger partial charge in [-0.25, -0.2) is 8.42 Å². The van der Waals surface area contributed by atoms with Crippen molar-refractivity contribution in [2.24, 2.45) is 18.0 Å². The number of benzene rings is 2. The normalized spacial score (nSPS) is 16.1. The number of carbonyl (C=O) groups is 1. The third kappa shape index (κ3) is 4.55. The van der Waals surface area contributed by atoms with E-state index in [0.717, 1.165) is 10.2 Å². The molecular weight excluding hydrogens is 478 g/mol. The van der Waals surface area contributed by atoms with E-state index in [9.17, 15) is 13.2 Å². The standard InChI is InChI=1S/C23H27N3O6S2/c1-25-18-13-19(31-3)20(32-4)14-21(18)33-23(25)24-22(27)15-9-11-26(12-10-15)34(28,29)17-7-5-16(30-2)6-8-17/h5-8,13-15H,9-12H2,1-4H3. The van der Waals surface area contributed by atoms with Gasteiger partial charge in [0.1, 0.15) is 5.75 Å². The zero-order valence-corrected chi connectivity index (χ0v) is 21.1. The second kappa shape index (κ2) is 9.77. The average molecular weight is 506 g/mol. The smallest absolute Gasteiger partial charge is 0.251 e. The van der Waals surface area contributed by atoms with Crippen molar-refractivity contribution >= 4 is 37.5 Å². The van der Waals surface area contributed by atoms with E-state index in [1.54, 1.807) is 26.4 Å². The predicted octanol–water partition coefficient (Wildman–Crippen LogP) is 2.79. The van der Waals surface area contributed by atoms with Crippen molar-refractivity contribution in [1.82, 2.24) is 8.87 Å². The van der Waals surface area contributed by atoms with Crippen LogP contribution in [0, 0.1) is 5.92 Å². The number of rotatable bonds is 6. The second-order valence-corrected chi connectivity index (χ2v) is 10.9. The Morgan fingerprint density at radius 2 is 1.62 bits per heavy atom. The highest BCUT2D eigenvalue weighted by Gasteiger charge is 2.32. The van der Waals surface area contributed by atoms with Gasteiger partial charge in [-0.2, -0.15) is 9.30 Å². The van der Waals surface area contributed by atoms with Gasteiger partial charge in [0.15, 0.2) is 16.3 Å². The van der Waals surface area contributed by atoms with Gasteiger partial charge in [-0.1, -0.05) is 11.3 Å². The molecule has 2 aromatic carbocycles. The van der Waals surface area contributed by atoms with Gasteiger partial charge in [0.05, 0.1) is 36.4 Å². The van der Waals surface area contributed by atoms with E-state index in [1.807, 2.05) is 23.7 Å². The number of methoxy groups -OCH3 is 3. The van der Waals surface area contributed by atoms with E-state index >= 15 is 0 Å². The SMILES string of the molecule is COc1ccc(S(=O)(=O)N2CCC(C(=O)N=c3sc4cc(OC)c(OC)cc4n3C)CC2)cc1. The largest absolute Gasteiger partial charge is 0.497 e. The molecule has 4 rings (SSSR count). The van der Waals surface area contributed by atoms with Gasteiger partial charge in [0.25, 0.3) is 5.91 Å². The summed E-state index contributed by atoms with van der Waals surface area (Å²) in [4.78, 5) is 18.1. The molecule has 1 aliphatic heterocycles. The van der Waals surface area contributed by atoms with Crippen LogP contribution in [0.1, 0.15) is 12.8 Å². The molecule has 0 radical (unpaired) electrons. The first-order valence-electron chi connectivity index (χ1n) is 10.7. The van der Waals surface area contributed by atoms with Crippen LogP contribution in [0.15, 0.2) is 46.3 Å². The Labute approximate surface area is 202 Å². The number of piperidine rings is 1. The summed E-state index contributed by atoms with van der Waals surface area (Å²) in [6.07, 6.45) is 0.849. The number of carbonyl (C=O) groups excluding carboxylic acids is 1. The van der Waals surface area contributed by atoms with Crippen molar-refractivity contribution in [2.45, 2.75) is 17.7 Å². The molecule has 1 aliphatic rings. The quantitative estimate of drug-likeness (QED) is 0.511. The van der Waals surface area contributed by atoms with E-state index in [-0.39, 0.29) is 29.8 Å². The summed E-state index contributed by atoms with van der Waals surface area (Å²) < 4.78 is 46.0. The van der Waals surface area contributed by atoms with Gasteiger partial charge in [0, 0.05) is 38.2 Å². The highest BCUT2D eigenvalue weighted by atomic mass is 32.2. The zero-order chi connectivity index (χ0) is 24.5. The predicted molar refractivity (Wildman–Crippen MR) is 129 cm³/mol. The fourth-order valence-electron chi connectivity index (χ4n) is 3.99. The molecule has 0 bridgehead atoms. The summed E-state index contributed by atoms with van der Waals surface area (Å²) in [5.41, 5.74) is 0.884. The minimum Gasteiger partial charge on any atom is -0.497 e. The number of amides is 1. The minimum atomic E-state index is -3.62. The van der Waals surface area contributed by atoms with Crippen molar-refractivity contribution in [2.75, 3.05) is 34.4 Å². The van der Waals surface area contributed by atoms with Gasteiger partial charge in [0.2, 0.25) is 10.0 Å². The topological polar surface area (TPSA) is 99.4 Å². The molecule has 1 fully saturated rings. The Morgan fingerprint density at radius 3 is 2.21 bits per heavy atom. The summed E-state index contributed by atoms with van der Waals surface area (Å²) in [7, 11) is 2.91. The Balaban J connectivity index is 1.50. The summed E-state index contributed by atoms with van der Waals surface area (Å²) in [6.45, 7) is 0.542. The number of thiazole rings is 1. The first-order valence-corrected chi connectivity index (χ1v) is 13.0. The Hall–Kier alpha value is -2.89. The molecule has 0 spiro atoms. The molecule has 1 saturated heterocycles. The fourth-order valence-corrected chi connectivity index (χ4v) is 6.49. The molecular formula is C23H27N3O6S2. The molecule has 1 aromatic heterocycles. The summed E-state index contributed by atoms with van der Waals surface area (Å²) >= 11 is 1.39. The molecule has 0 unspecified atom stereocenters. The first-order chi connectivity index (χ1) is 16.3. The van der Waals surface area contributed by atoms with Crippen molar-refractivity contribution in [3.8, 4) is 17.2 Å². The number of fused-ring (bicyclic) bond motifs is 1. The van der Waals surface area contributed by atoms with Crippen molar-refractivity contribution < 1.29 is 27.4 Å². The molecule has 0 atom stereocenters. The lowest BCUT2D eigenvalue weighted by Crippen LogP contribution is -2.40. The lowest BCUT2D eigenvalue weighted by Gasteiger charge is -2.29. The van der Waals surface area contributed by atoms with E-state index < -0.39 is 10.0 Å². The lowest BCUT2D eigenvalue weighted by atomic mass is 9.98.